The number of rotatable bonds is 5. The Kier molecular flexibility index (Phi) is 5.98. The largest absolute Gasteiger partial charge is 0.353 e. The fraction of sp³-hybridized carbons (Fsp3) is 0.500. The maximum Gasteiger partial charge on any atom is 0.243 e. The third-order valence-electron chi connectivity index (χ3n) is 5.72. The SMILES string of the molecule is CCN1CCN(c2ccc(N3CCN(S(=O)(=O)c4ccccc4)CC3)nn2)CC1. The highest BCUT2D eigenvalue weighted by Gasteiger charge is 2.29. The van der Waals surface area contributed by atoms with E-state index in [2.05, 4.69) is 31.8 Å². The monoisotopic (exact) mass is 416 g/mol. The molecular formula is C20H28N6O2S. The average molecular weight is 417 g/mol. The molecule has 9 heteroatoms. The highest BCUT2D eigenvalue weighted by atomic mass is 32.2. The molecular weight excluding hydrogens is 388 g/mol. The molecule has 2 fully saturated rings. The first kappa shape index (κ1) is 20.1. The minimum atomic E-state index is -3.44. The minimum absolute atomic E-state index is 0.348. The molecule has 4 rings (SSSR count). The molecule has 1 aromatic heterocycles. The lowest BCUT2D eigenvalue weighted by molar-refractivity contribution is 0.270. The molecule has 2 aliphatic heterocycles. The first-order valence-electron chi connectivity index (χ1n) is 10.2. The van der Waals surface area contributed by atoms with Crippen LogP contribution in [-0.2, 0) is 10.0 Å². The number of likely N-dealkylation sites (N-methyl/N-ethyl adjacent to an activating group) is 1. The number of hydrogen-bond donors (Lipinski definition) is 0. The highest BCUT2D eigenvalue weighted by Crippen LogP contribution is 2.21. The molecule has 0 bridgehead atoms. The van der Waals surface area contributed by atoms with Crippen molar-refractivity contribution < 1.29 is 8.42 Å². The predicted octanol–water partition coefficient (Wildman–Crippen LogP) is 1.13. The van der Waals surface area contributed by atoms with Gasteiger partial charge in [0.1, 0.15) is 0 Å². The van der Waals surface area contributed by atoms with E-state index in [-0.39, 0.29) is 0 Å². The molecule has 8 nitrogen and oxygen atoms in total. The summed E-state index contributed by atoms with van der Waals surface area (Å²) in [5.74, 6) is 1.72. The molecule has 3 heterocycles. The van der Waals surface area contributed by atoms with Crippen LogP contribution in [0.5, 0.6) is 0 Å². The lowest BCUT2D eigenvalue weighted by atomic mass is 10.3. The third-order valence-corrected chi connectivity index (χ3v) is 7.64. The van der Waals surface area contributed by atoms with Crippen LogP contribution in [0.2, 0.25) is 0 Å². The van der Waals surface area contributed by atoms with Crippen LogP contribution in [0.4, 0.5) is 11.6 Å². The molecule has 2 saturated heterocycles. The van der Waals surface area contributed by atoms with Crippen molar-refractivity contribution >= 4 is 21.7 Å². The van der Waals surface area contributed by atoms with E-state index in [0.29, 0.717) is 31.1 Å². The van der Waals surface area contributed by atoms with E-state index >= 15 is 0 Å². The van der Waals surface area contributed by atoms with Crippen LogP contribution in [0.25, 0.3) is 0 Å². The van der Waals surface area contributed by atoms with Crippen molar-refractivity contribution in [2.24, 2.45) is 0 Å². The zero-order chi connectivity index (χ0) is 20.3. The Hall–Kier alpha value is -2.23. The summed E-state index contributed by atoms with van der Waals surface area (Å²) in [5, 5.41) is 8.84. The van der Waals surface area contributed by atoms with E-state index in [1.807, 2.05) is 18.2 Å². The van der Waals surface area contributed by atoms with E-state index in [4.69, 9.17) is 0 Å². The van der Waals surface area contributed by atoms with E-state index < -0.39 is 10.0 Å². The summed E-state index contributed by atoms with van der Waals surface area (Å²) in [7, 11) is -3.44. The Morgan fingerprint density at radius 3 is 1.76 bits per heavy atom. The second kappa shape index (κ2) is 8.64. The van der Waals surface area contributed by atoms with Gasteiger partial charge >= 0.3 is 0 Å². The Bertz CT molecular complexity index is 890. The molecule has 0 aliphatic carbocycles. The lowest BCUT2D eigenvalue weighted by Crippen LogP contribution is -2.49. The number of piperazine rings is 2. The van der Waals surface area contributed by atoms with E-state index in [1.54, 1.807) is 28.6 Å². The van der Waals surface area contributed by atoms with Crippen molar-refractivity contribution in [1.29, 1.82) is 0 Å². The molecule has 1 aromatic carbocycles. The lowest BCUT2D eigenvalue weighted by Gasteiger charge is -2.35. The van der Waals surface area contributed by atoms with Gasteiger partial charge < -0.3 is 14.7 Å². The van der Waals surface area contributed by atoms with Gasteiger partial charge in [-0.25, -0.2) is 8.42 Å². The molecule has 0 spiro atoms. The molecule has 0 atom stereocenters. The average Bonchev–Trinajstić information content (AvgIpc) is 2.80. The van der Waals surface area contributed by atoms with Gasteiger partial charge in [-0.3, -0.25) is 0 Å². The van der Waals surface area contributed by atoms with E-state index in [0.717, 1.165) is 44.4 Å². The van der Waals surface area contributed by atoms with E-state index in [9.17, 15) is 8.42 Å². The number of hydrogen-bond acceptors (Lipinski definition) is 7. The summed E-state index contributed by atoms with van der Waals surface area (Å²) >= 11 is 0. The van der Waals surface area contributed by atoms with Gasteiger partial charge in [0.05, 0.1) is 4.90 Å². The number of nitrogens with zero attached hydrogens (tertiary/aromatic N) is 6. The quantitative estimate of drug-likeness (QED) is 0.723. The molecule has 0 amide bonds. The minimum Gasteiger partial charge on any atom is -0.353 e. The first-order chi connectivity index (χ1) is 14.1. The molecule has 156 valence electrons. The van der Waals surface area contributed by atoms with Crippen LogP contribution in [-0.4, -0.2) is 86.7 Å². The smallest absolute Gasteiger partial charge is 0.243 e. The van der Waals surface area contributed by atoms with Crippen LogP contribution in [0, 0.1) is 0 Å². The molecule has 29 heavy (non-hydrogen) atoms. The van der Waals surface area contributed by atoms with Crippen LogP contribution in [0.15, 0.2) is 47.4 Å². The molecule has 0 N–H and O–H groups in total. The standard InChI is InChI=1S/C20H28N6O2S/c1-2-23-10-12-24(13-11-23)19-8-9-20(22-21-19)25-14-16-26(17-15-25)29(27,28)18-6-4-3-5-7-18/h3-9H,2,10-17H2,1H3. The summed E-state index contributed by atoms with van der Waals surface area (Å²) in [4.78, 5) is 7.15. The number of benzene rings is 1. The second-order valence-corrected chi connectivity index (χ2v) is 9.31. The van der Waals surface area contributed by atoms with Crippen molar-refractivity contribution in [1.82, 2.24) is 19.4 Å². The molecule has 0 saturated carbocycles. The fourth-order valence-corrected chi connectivity index (χ4v) is 5.29. The first-order valence-corrected chi connectivity index (χ1v) is 11.6. The highest BCUT2D eigenvalue weighted by molar-refractivity contribution is 7.89. The zero-order valence-electron chi connectivity index (χ0n) is 16.8. The van der Waals surface area contributed by atoms with Gasteiger partial charge in [-0.2, -0.15) is 4.31 Å². The van der Waals surface area contributed by atoms with Crippen molar-refractivity contribution in [3.8, 4) is 0 Å². The van der Waals surface area contributed by atoms with Gasteiger partial charge in [-0.1, -0.05) is 25.1 Å². The third kappa shape index (κ3) is 4.36. The maximum absolute atomic E-state index is 12.8. The van der Waals surface area contributed by atoms with Gasteiger partial charge in [0.25, 0.3) is 0 Å². The zero-order valence-corrected chi connectivity index (χ0v) is 17.6. The second-order valence-electron chi connectivity index (χ2n) is 7.38. The topological polar surface area (TPSA) is 72.9 Å². The van der Waals surface area contributed by atoms with Gasteiger partial charge in [-0.15, -0.1) is 10.2 Å². The van der Waals surface area contributed by atoms with Gasteiger partial charge in [-0.05, 0) is 30.8 Å². The Morgan fingerprint density at radius 2 is 1.28 bits per heavy atom. The van der Waals surface area contributed by atoms with E-state index in [1.165, 1.54) is 0 Å². The summed E-state index contributed by atoms with van der Waals surface area (Å²) in [6, 6.07) is 12.6. The fourth-order valence-electron chi connectivity index (χ4n) is 3.85. The van der Waals surface area contributed by atoms with Crippen molar-refractivity contribution in [3.05, 3.63) is 42.5 Å². The summed E-state index contributed by atoms with van der Waals surface area (Å²) in [6.45, 7) is 9.43. The summed E-state index contributed by atoms with van der Waals surface area (Å²) in [6.07, 6.45) is 0. The number of sulfonamides is 1. The van der Waals surface area contributed by atoms with Gasteiger partial charge in [0, 0.05) is 52.4 Å². The van der Waals surface area contributed by atoms with Crippen molar-refractivity contribution in [3.63, 3.8) is 0 Å². The van der Waals surface area contributed by atoms with Crippen LogP contribution in [0.1, 0.15) is 6.92 Å². The van der Waals surface area contributed by atoms with Crippen LogP contribution >= 0.6 is 0 Å². The predicted molar refractivity (Wildman–Crippen MR) is 114 cm³/mol. The molecule has 2 aliphatic rings. The van der Waals surface area contributed by atoms with Crippen molar-refractivity contribution in [2.45, 2.75) is 11.8 Å². The van der Waals surface area contributed by atoms with Crippen molar-refractivity contribution in [2.75, 3.05) is 68.7 Å². The number of anilines is 2. The molecule has 0 radical (unpaired) electrons. The summed E-state index contributed by atoms with van der Waals surface area (Å²) in [5.41, 5.74) is 0. The Labute approximate surface area is 172 Å². The van der Waals surface area contributed by atoms with Crippen LogP contribution < -0.4 is 9.80 Å². The normalized spacial score (nSPS) is 19.5. The molecule has 2 aromatic rings. The Morgan fingerprint density at radius 1 is 0.759 bits per heavy atom. The van der Waals surface area contributed by atoms with Crippen LogP contribution in [0.3, 0.4) is 0 Å². The number of aromatic nitrogens is 2. The van der Waals surface area contributed by atoms with Gasteiger partial charge in [0.2, 0.25) is 10.0 Å². The summed E-state index contributed by atoms with van der Waals surface area (Å²) < 4.78 is 27.1. The maximum atomic E-state index is 12.8. The molecule has 0 unspecified atom stereocenters. The van der Waals surface area contributed by atoms with Gasteiger partial charge in [0.15, 0.2) is 11.6 Å². The Balaban J connectivity index is 1.35.